The number of nitrogens with zero attached hydrogens (tertiary/aromatic N) is 4. The number of carbonyl (C=O) groups excluding carboxylic acids is 1. The third kappa shape index (κ3) is 5.13. The summed E-state index contributed by atoms with van der Waals surface area (Å²) in [6, 6.07) is 10.4. The number of fused-ring (bicyclic) bond motifs is 2. The van der Waals surface area contributed by atoms with Gasteiger partial charge in [0.2, 0.25) is 6.79 Å². The van der Waals surface area contributed by atoms with E-state index in [9.17, 15) is 4.79 Å². The van der Waals surface area contributed by atoms with Gasteiger partial charge in [0, 0.05) is 55.9 Å². The summed E-state index contributed by atoms with van der Waals surface area (Å²) in [6.07, 6.45) is 3.02. The zero-order valence-electron chi connectivity index (χ0n) is 22.5. The van der Waals surface area contributed by atoms with Crippen molar-refractivity contribution in [2.45, 2.75) is 26.3 Å². The van der Waals surface area contributed by atoms with Crippen LogP contribution in [0.5, 0.6) is 17.2 Å². The highest BCUT2D eigenvalue weighted by Crippen LogP contribution is 2.41. The Bertz CT molecular complexity index is 1260. The fourth-order valence-electron chi connectivity index (χ4n) is 5.59. The summed E-state index contributed by atoms with van der Waals surface area (Å²) in [5, 5.41) is 1.02. The minimum Gasteiger partial charge on any atom is -0.495 e. The van der Waals surface area contributed by atoms with Gasteiger partial charge in [-0.15, -0.1) is 0 Å². The maximum Gasteiger partial charge on any atom is 0.231 e. The second-order valence-corrected chi connectivity index (χ2v) is 10.2. The fraction of sp³-hybridized carbons (Fsp3) is 0.483. The van der Waals surface area contributed by atoms with Crippen molar-refractivity contribution in [3.8, 4) is 17.2 Å². The molecule has 0 saturated carbocycles. The Balaban J connectivity index is 1.33. The molecule has 1 aromatic heterocycles. The number of benzene rings is 2. The van der Waals surface area contributed by atoms with Gasteiger partial charge in [0.05, 0.1) is 18.3 Å². The largest absolute Gasteiger partial charge is 0.495 e. The molecule has 0 unspecified atom stereocenters. The molecule has 198 valence electrons. The molecule has 0 spiro atoms. The van der Waals surface area contributed by atoms with Crippen LogP contribution in [0.15, 0.2) is 30.3 Å². The lowest BCUT2D eigenvalue weighted by atomic mass is 10.1. The van der Waals surface area contributed by atoms with Crippen molar-refractivity contribution >= 4 is 22.9 Å². The molecule has 0 aliphatic carbocycles. The lowest BCUT2D eigenvalue weighted by Gasteiger charge is -2.37. The first kappa shape index (κ1) is 25.4. The summed E-state index contributed by atoms with van der Waals surface area (Å²) in [5.74, 6) is 2.50. The number of hydrogen-bond donors (Lipinski definition) is 0. The van der Waals surface area contributed by atoms with Crippen molar-refractivity contribution in [1.29, 1.82) is 0 Å². The molecule has 2 aromatic carbocycles. The third-order valence-electron chi connectivity index (χ3n) is 7.64. The van der Waals surface area contributed by atoms with Crippen molar-refractivity contribution in [2.75, 3.05) is 72.2 Å². The summed E-state index contributed by atoms with van der Waals surface area (Å²) in [4.78, 5) is 19.4. The van der Waals surface area contributed by atoms with Crippen LogP contribution in [-0.4, -0.2) is 87.9 Å². The summed E-state index contributed by atoms with van der Waals surface area (Å²) >= 11 is 0. The highest BCUT2D eigenvalue weighted by molar-refractivity contribution is 6.08. The van der Waals surface area contributed by atoms with Gasteiger partial charge in [-0.25, -0.2) is 0 Å². The number of methoxy groups -OCH3 is 1. The maximum absolute atomic E-state index is 12.3. The van der Waals surface area contributed by atoms with Crippen molar-refractivity contribution in [3.63, 3.8) is 0 Å². The number of rotatable bonds is 10. The second-order valence-electron chi connectivity index (χ2n) is 10.2. The number of aldehydes is 1. The van der Waals surface area contributed by atoms with E-state index in [1.807, 2.05) is 6.07 Å². The average molecular weight is 507 g/mol. The zero-order chi connectivity index (χ0) is 25.9. The number of carbonyl (C=O) groups is 1. The van der Waals surface area contributed by atoms with E-state index in [4.69, 9.17) is 14.2 Å². The highest BCUT2D eigenvalue weighted by Gasteiger charge is 2.26. The highest BCUT2D eigenvalue weighted by atomic mass is 16.7. The van der Waals surface area contributed by atoms with Crippen LogP contribution in [0.25, 0.3) is 10.9 Å². The standard InChI is InChI=1S/C29H38N4O4/c1-21-23(19-34)28-24(33(21)12-5-11-30(2)3)7-9-26(35-4)29(28)32-16-14-31(15-17-32)13-10-22-6-8-25-27(18-22)37-20-36-25/h6-9,18-19H,5,10-17,20H2,1-4H3. The van der Waals surface area contributed by atoms with Gasteiger partial charge in [-0.05, 0) is 70.2 Å². The van der Waals surface area contributed by atoms with Crippen LogP contribution < -0.4 is 19.1 Å². The smallest absolute Gasteiger partial charge is 0.231 e. The van der Waals surface area contributed by atoms with Gasteiger partial charge >= 0.3 is 0 Å². The molecule has 1 fully saturated rings. The number of aromatic nitrogens is 1. The van der Waals surface area contributed by atoms with E-state index in [-0.39, 0.29) is 0 Å². The van der Waals surface area contributed by atoms with E-state index in [0.717, 1.165) is 110 Å². The molecule has 2 aliphatic heterocycles. The van der Waals surface area contributed by atoms with Crippen LogP contribution in [0.3, 0.4) is 0 Å². The van der Waals surface area contributed by atoms with Gasteiger partial charge in [-0.1, -0.05) is 6.07 Å². The first-order valence-electron chi connectivity index (χ1n) is 13.2. The van der Waals surface area contributed by atoms with Crippen LogP contribution in [0.2, 0.25) is 0 Å². The molecule has 8 nitrogen and oxygen atoms in total. The predicted molar refractivity (Wildman–Crippen MR) is 147 cm³/mol. The van der Waals surface area contributed by atoms with Crippen molar-refractivity contribution < 1.29 is 19.0 Å². The Morgan fingerprint density at radius 1 is 1.03 bits per heavy atom. The zero-order valence-corrected chi connectivity index (χ0v) is 22.5. The van der Waals surface area contributed by atoms with Gasteiger partial charge in [0.25, 0.3) is 0 Å². The first-order chi connectivity index (χ1) is 18.0. The van der Waals surface area contributed by atoms with E-state index in [1.54, 1.807) is 7.11 Å². The van der Waals surface area contributed by atoms with Gasteiger partial charge < -0.3 is 28.6 Å². The van der Waals surface area contributed by atoms with Gasteiger partial charge in [-0.2, -0.15) is 0 Å². The van der Waals surface area contributed by atoms with E-state index in [0.29, 0.717) is 6.79 Å². The number of hydrogen-bond acceptors (Lipinski definition) is 7. The van der Waals surface area contributed by atoms with Crippen LogP contribution in [0, 0.1) is 6.92 Å². The fourth-order valence-corrected chi connectivity index (χ4v) is 5.59. The summed E-state index contributed by atoms with van der Waals surface area (Å²) in [6.45, 7) is 8.95. The first-order valence-corrected chi connectivity index (χ1v) is 13.2. The number of aryl methyl sites for hydroxylation is 1. The Labute approximate surface area is 219 Å². The number of anilines is 1. The monoisotopic (exact) mass is 506 g/mol. The SMILES string of the molecule is COc1ccc2c(c(C=O)c(C)n2CCCN(C)C)c1N1CCN(CCc2ccc3c(c2)OCO3)CC1. The van der Waals surface area contributed by atoms with Gasteiger partial charge in [0.15, 0.2) is 17.8 Å². The maximum atomic E-state index is 12.3. The predicted octanol–water partition coefficient (Wildman–Crippen LogP) is 3.82. The third-order valence-corrected chi connectivity index (χ3v) is 7.64. The summed E-state index contributed by atoms with van der Waals surface area (Å²) in [5.41, 5.74) is 5.23. The molecular weight excluding hydrogens is 468 g/mol. The molecule has 3 heterocycles. The topological polar surface area (TPSA) is 59.4 Å². The van der Waals surface area contributed by atoms with E-state index in [1.165, 1.54) is 5.56 Å². The minimum atomic E-state index is 0.307. The van der Waals surface area contributed by atoms with Gasteiger partial charge in [0.1, 0.15) is 5.75 Å². The molecule has 0 atom stereocenters. The van der Waals surface area contributed by atoms with Crippen LogP contribution in [0.4, 0.5) is 5.69 Å². The molecule has 3 aromatic rings. The lowest BCUT2D eigenvalue weighted by Crippen LogP contribution is -2.47. The van der Waals surface area contributed by atoms with Crippen molar-refractivity contribution in [1.82, 2.24) is 14.4 Å². The van der Waals surface area contributed by atoms with Crippen molar-refractivity contribution in [3.05, 3.63) is 47.2 Å². The average Bonchev–Trinajstić information content (AvgIpc) is 3.48. The van der Waals surface area contributed by atoms with Crippen LogP contribution in [0.1, 0.15) is 28.0 Å². The molecule has 0 bridgehead atoms. The Morgan fingerprint density at radius 3 is 2.54 bits per heavy atom. The molecule has 2 aliphatic rings. The van der Waals surface area contributed by atoms with Gasteiger partial charge in [-0.3, -0.25) is 9.69 Å². The molecule has 8 heteroatoms. The Morgan fingerprint density at radius 2 is 1.81 bits per heavy atom. The van der Waals surface area contributed by atoms with E-state index in [2.05, 4.69) is 64.6 Å². The van der Waals surface area contributed by atoms with Crippen LogP contribution >= 0.6 is 0 Å². The minimum absolute atomic E-state index is 0.307. The molecular formula is C29H38N4O4. The molecule has 37 heavy (non-hydrogen) atoms. The number of piperazine rings is 1. The van der Waals surface area contributed by atoms with Crippen molar-refractivity contribution in [2.24, 2.45) is 0 Å². The normalized spacial score (nSPS) is 15.6. The molecule has 0 radical (unpaired) electrons. The van der Waals surface area contributed by atoms with E-state index < -0.39 is 0 Å². The lowest BCUT2D eigenvalue weighted by molar-refractivity contribution is 0.112. The van der Waals surface area contributed by atoms with E-state index >= 15 is 0 Å². The second kappa shape index (κ2) is 11.0. The summed E-state index contributed by atoms with van der Waals surface area (Å²) in [7, 11) is 5.90. The molecule has 5 rings (SSSR count). The van der Waals surface area contributed by atoms with Crippen LogP contribution in [-0.2, 0) is 13.0 Å². The number of ether oxygens (including phenoxy) is 3. The Hall–Kier alpha value is -3.23. The molecule has 0 amide bonds. The molecule has 1 saturated heterocycles. The quantitative estimate of drug-likeness (QED) is 0.388. The molecule has 0 N–H and O–H groups in total. The Kier molecular flexibility index (Phi) is 7.58. The summed E-state index contributed by atoms with van der Waals surface area (Å²) < 4.78 is 19.1.